The maximum atomic E-state index is 11.7. The first-order chi connectivity index (χ1) is 16.5. The van der Waals surface area contributed by atoms with Gasteiger partial charge >= 0.3 is 12.1 Å². The molecule has 0 aliphatic heterocycles. The first-order valence-corrected chi connectivity index (χ1v) is 11.7. The fourth-order valence-electron chi connectivity index (χ4n) is 2.61. The molecule has 2 aromatic carbocycles. The number of anilines is 2. The Morgan fingerprint density at radius 1 is 0.778 bits per heavy atom. The second kappa shape index (κ2) is 13.4. The molecule has 0 heterocycles. The smallest absolute Gasteiger partial charge is 0.321 e. The van der Waals surface area contributed by atoms with Crippen LogP contribution in [0.5, 0.6) is 0 Å². The number of guanidine groups is 2. The third-order valence-corrected chi connectivity index (χ3v) is 5.40. The van der Waals surface area contributed by atoms with Gasteiger partial charge in [-0.05, 0) is 45.0 Å². The number of primary amides is 1. The molecule has 0 aliphatic rings. The molecule has 0 radical (unpaired) electrons. The zero-order chi connectivity index (χ0) is 27.8. The van der Waals surface area contributed by atoms with Gasteiger partial charge in [0.25, 0.3) is 0 Å². The number of rotatable bonds is 2. The molecule has 0 bridgehead atoms. The lowest BCUT2D eigenvalue weighted by molar-refractivity contribution is 0.236. The number of hydrogen-bond acceptors (Lipinski definition) is 4. The maximum Gasteiger partial charge on any atom is 0.321 e. The van der Waals surface area contributed by atoms with Gasteiger partial charge in [0, 0.05) is 19.6 Å². The van der Waals surface area contributed by atoms with Crippen LogP contribution in [0.25, 0.3) is 0 Å². The Balaban J connectivity index is 0.000000369. The molecule has 10 nitrogen and oxygen atoms in total. The number of nitrogens with two attached hydrogens (primary N) is 1. The monoisotopic (exact) mass is 576 g/mol. The molecule has 7 N–H and O–H groups in total. The number of para-hydroxylation sites is 2. The fourth-order valence-corrected chi connectivity index (χ4v) is 3.91. The van der Waals surface area contributed by atoms with Crippen molar-refractivity contribution in [1.82, 2.24) is 16.0 Å². The van der Waals surface area contributed by atoms with Gasteiger partial charge in [-0.3, -0.25) is 21.5 Å². The maximum absolute atomic E-state index is 11.7. The predicted octanol–water partition coefficient (Wildman–Crippen LogP) is 5.49. The highest BCUT2D eigenvalue weighted by atomic mass is 35.5. The van der Waals surface area contributed by atoms with Crippen LogP contribution in [-0.4, -0.2) is 43.6 Å². The van der Waals surface area contributed by atoms with Crippen LogP contribution in [0.3, 0.4) is 0 Å². The van der Waals surface area contributed by atoms with Crippen LogP contribution in [0.15, 0.2) is 36.4 Å². The summed E-state index contributed by atoms with van der Waals surface area (Å²) in [7, 11) is 3.15. The van der Waals surface area contributed by atoms with Crippen LogP contribution in [0, 0.1) is 10.8 Å². The molecular formula is C22H28Cl4N8O2. The Morgan fingerprint density at radius 3 is 1.42 bits per heavy atom. The summed E-state index contributed by atoms with van der Waals surface area (Å²) in [5.74, 6) is -0.329. The minimum absolute atomic E-state index is 0.123. The van der Waals surface area contributed by atoms with E-state index in [4.69, 9.17) is 63.0 Å². The fraction of sp³-hybridized carbons (Fsp3) is 0.273. The van der Waals surface area contributed by atoms with Crippen LogP contribution >= 0.6 is 46.4 Å². The Hall–Kier alpha value is -2.92. The second-order valence-corrected chi connectivity index (χ2v) is 9.90. The lowest BCUT2D eigenvalue weighted by Gasteiger charge is -2.25. The molecule has 196 valence electrons. The van der Waals surface area contributed by atoms with E-state index in [9.17, 15) is 9.59 Å². The van der Waals surface area contributed by atoms with E-state index in [2.05, 4.69) is 16.0 Å². The van der Waals surface area contributed by atoms with Crippen molar-refractivity contribution in [2.45, 2.75) is 26.3 Å². The van der Waals surface area contributed by atoms with Gasteiger partial charge in [-0.2, -0.15) is 0 Å². The first-order valence-electron chi connectivity index (χ1n) is 10.2. The largest absolute Gasteiger partial charge is 0.351 e. The molecule has 0 saturated heterocycles. The van der Waals surface area contributed by atoms with E-state index >= 15 is 0 Å². The van der Waals surface area contributed by atoms with E-state index in [0.29, 0.717) is 31.5 Å². The standard InChI is InChI=1S/C13H18Cl2N4O.C9H10Cl2N4O/c1-13(2,3)18-12(20)17-11(16)19(4)10-8(14)6-5-7-9(10)15;1-15(8(12)14-9(13)16)7-5(10)3-2-4-6(7)11/h5-7H,1-4H3,(H3,16,17,18,20);2-4H,1H3,(H4,12,13,14,16). The molecule has 0 aliphatic carbocycles. The van der Waals surface area contributed by atoms with Crippen molar-refractivity contribution >= 4 is 81.8 Å². The molecule has 0 atom stereocenters. The third-order valence-electron chi connectivity index (χ3n) is 4.18. The van der Waals surface area contributed by atoms with Gasteiger partial charge in [-0.25, -0.2) is 9.59 Å². The molecule has 0 aromatic heterocycles. The summed E-state index contributed by atoms with van der Waals surface area (Å²) in [6.45, 7) is 5.56. The van der Waals surface area contributed by atoms with E-state index in [1.165, 1.54) is 9.80 Å². The van der Waals surface area contributed by atoms with Crippen molar-refractivity contribution in [3.8, 4) is 0 Å². The molecule has 14 heteroatoms. The number of urea groups is 2. The van der Waals surface area contributed by atoms with Gasteiger partial charge in [0.2, 0.25) is 11.9 Å². The molecule has 0 spiro atoms. The van der Waals surface area contributed by atoms with Crippen molar-refractivity contribution in [2.24, 2.45) is 5.73 Å². The normalized spacial score (nSPS) is 10.4. The number of benzene rings is 2. The van der Waals surface area contributed by atoms with Crippen LogP contribution in [0.2, 0.25) is 20.1 Å². The highest BCUT2D eigenvalue weighted by Crippen LogP contribution is 2.33. The van der Waals surface area contributed by atoms with Gasteiger partial charge in [0.05, 0.1) is 31.5 Å². The van der Waals surface area contributed by atoms with E-state index in [-0.39, 0.29) is 17.5 Å². The first kappa shape index (κ1) is 31.1. The van der Waals surface area contributed by atoms with Crippen molar-refractivity contribution in [3.05, 3.63) is 56.5 Å². The van der Waals surface area contributed by atoms with Crippen LogP contribution in [0.4, 0.5) is 21.0 Å². The Bertz CT molecular complexity index is 1100. The lowest BCUT2D eigenvalue weighted by Crippen LogP contribution is -2.51. The summed E-state index contributed by atoms with van der Waals surface area (Å²) in [5.41, 5.74) is 5.42. The number of hydrogen-bond donors (Lipinski definition) is 6. The molecule has 2 rings (SSSR count). The highest BCUT2D eigenvalue weighted by molar-refractivity contribution is 6.40. The molecule has 0 saturated carbocycles. The molecular weight excluding hydrogens is 550 g/mol. The Labute approximate surface area is 230 Å². The highest BCUT2D eigenvalue weighted by Gasteiger charge is 2.19. The van der Waals surface area contributed by atoms with Gasteiger partial charge in [-0.15, -0.1) is 0 Å². The molecule has 2 aromatic rings. The van der Waals surface area contributed by atoms with E-state index in [1.807, 2.05) is 20.8 Å². The molecule has 36 heavy (non-hydrogen) atoms. The Kier molecular flexibility index (Phi) is 11.6. The number of amides is 4. The lowest BCUT2D eigenvalue weighted by atomic mass is 10.1. The number of nitrogens with one attached hydrogen (secondary N) is 5. The summed E-state index contributed by atoms with van der Waals surface area (Å²) in [4.78, 5) is 25.1. The quantitative estimate of drug-likeness (QED) is 0.206. The number of carbonyl (C=O) groups is 2. The number of carbonyl (C=O) groups excluding carboxylic acids is 2. The van der Waals surface area contributed by atoms with Crippen molar-refractivity contribution in [3.63, 3.8) is 0 Å². The average molecular weight is 578 g/mol. The number of nitrogens with zero attached hydrogens (tertiary/aromatic N) is 2. The zero-order valence-electron chi connectivity index (χ0n) is 20.3. The molecule has 0 unspecified atom stereocenters. The van der Waals surface area contributed by atoms with Crippen molar-refractivity contribution in [1.29, 1.82) is 10.8 Å². The predicted molar refractivity (Wildman–Crippen MR) is 149 cm³/mol. The Morgan fingerprint density at radius 2 is 1.11 bits per heavy atom. The van der Waals surface area contributed by atoms with E-state index < -0.39 is 12.1 Å². The van der Waals surface area contributed by atoms with Gasteiger partial charge < -0.3 is 20.9 Å². The van der Waals surface area contributed by atoms with E-state index in [1.54, 1.807) is 50.5 Å². The SMILES string of the molecule is CN(C(=N)NC(=O)NC(C)(C)C)c1c(Cl)cccc1Cl.CN(C(=N)NC(N)=O)c1c(Cl)cccc1Cl. The topological polar surface area (TPSA) is 150 Å². The van der Waals surface area contributed by atoms with Crippen molar-refractivity contribution < 1.29 is 9.59 Å². The van der Waals surface area contributed by atoms with Crippen LogP contribution < -0.4 is 31.5 Å². The van der Waals surface area contributed by atoms with Crippen molar-refractivity contribution in [2.75, 3.05) is 23.9 Å². The molecule has 0 fully saturated rings. The minimum Gasteiger partial charge on any atom is -0.351 e. The minimum atomic E-state index is -0.819. The van der Waals surface area contributed by atoms with Gasteiger partial charge in [-0.1, -0.05) is 58.5 Å². The summed E-state index contributed by atoms with van der Waals surface area (Å²) in [5, 5.41) is 24.3. The second-order valence-electron chi connectivity index (χ2n) is 8.27. The summed E-state index contributed by atoms with van der Waals surface area (Å²) < 4.78 is 0. The summed E-state index contributed by atoms with van der Waals surface area (Å²) >= 11 is 24.0. The van der Waals surface area contributed by atoms with Crippen LogP contribution in [-0.2, 0) is 0 Å². The summed E-state index contributed by atoms with van der Waals surface area (Å²) in [6.07, 6.45) is 0. The summed E-state index contributed by atoms with van der Waals surface area (Å²) in [6, 6.07) is 8.73. The number of halogens is 4. The average Bonchev–Trinajstić information content (AvgIpc) is 2.71. The third kappa shape index (κ3) is 9.62. The van der Waals surface area contributed by atoms with Crippen LogP contribution in [0.1, 0.15) is 20.8 Å². The van der Waals surface area contributed by atoms with Gasteiger partial charge in [0.1, 0.15) is 0 Å². The molecule has 4 amide bonds. The zero-order valence-corrected chi connectivity index (χ0v) is 23.3. The van der Waals surface area contributed by atoms with E-state index in [0.717, 1.165) is 0 Å². The van der Waals surface area contributed by atoms with Gasteiger partial charge in [0.15, 0.2) is 0 Å².